The van der Waals surface area contributed by atoms with E-state index in [1.54, 1.807) is 17.5 Å². The number of amides is 1. The lowest BCUT2D eigenvalue weighted by Gasteiger charge is -2.06. The molecule has 23 heavy (non-hydrogen) atoms. The standard InChI is InChI=1S/C15H12ClN3O3S/c1-8(20)12-7-23-15(17-12)18-14(21)13-6-11(19-22-13)9-2-4-10(16)5-3-9/h2-5,7,13H,6H2,1H3,(H,17,18,21)/t13-/m0/s1. The van der Waals surface area contributed by atoms with Gasteiger partial charge in [0.05, 0.1) is 5.71 Å². The van der Waals surface area contributed by atoms with E-state index in [9.17, 15) is 9.59 Å². The molecule has 1 N–H and O–H groups in total. The van der Waals surface area contributed by atoms with E-state index >= 15 is 0 Å². The first-order valence-electron chi connectivity index (χ1n) is 6.79. The van der Waals surface area contributed by atoms with E-state index in [1.165, 1.54) is 18.3 Å². The van der Waals surface area contributed by atoms with Crippen molar-refractivity contribution in [3.8, 4) is 0 Å². The Hall–Kier alpha value is -2.25. The van der Waals surface area contributed by atoms with Crippen LogP contribution in [-0.4, -0.2) is 28.5 Å². The van der Waals surface area contributed by atoms with E-state index in [-0.39, 0.29) is 11.7 Å². The van der Waals surface area contributed by atoms with Crippen LogP contribution >= 0.6 is 22.9 Å². The van der Waals surface area contributed by atoms with Gasteiger partial charge in [-0.2, -0.15) is 0 Å². The summed E-state index contributed by atoms with van der Waals surface area (Å²) in [5.41, 5.74) is 1.87. The van der Waals surface area contributed by atoms with Crippen LogP contribution in [0.1, 0.15) is 29.4 Å². The number of ketones is 1. The second-order valence-corrected chi connectivity index (χ2v) is 6.22. The number of carbonyl (C=O) groups excluding carboxylic acids is 2. The zero-order valence-electron chi connectivity index (χ0n) is 12.1. The molecule has 0 bridgehead atoms. The first-order valence-corrected chi connectivity index (χ1v) is 8.04. The summed E-state index contributed by atoms with van der Waals surface area (Å²) in [5, 5.41) is 9.19. The zero-order chi connectivity index (χ0) is 16.4. The van der Waals surface area contributed by atoms with Crippen LogP contribution < -0.4 is 5.32 Å². The van der Waals surface area contributed by atoms with Crippen molar-refractivity contribution in [1.29, 1.82) is 0 Å². The van der Waals surface area contributed by atoms with E-state index in [4.69, 9.17) is 16.4 Å². The van der Waals surface area contributed by atoms with Gasteiger partial charge in [-0.15, -0.1) is 11.3 Å². The number of oxime groups is 1. The molecule has 1 aliphatic heterocycles. The SMILES string of the molecule is CC(=O)c1csc(NC(=O)[C@@H]2CC(c3ccc(Cl)cc3)=NO2)n1. The van der Waals surface area contributed by atoms with Crippen molar-refractivity contribution in [1.82, 2.24) is 4.98 Å². The molecule has 1 amide bonds. The third-order valence-corrected chi connectivity index (χ3v) is 4.24. The van der Waals surface area contributed by atoms with E-state index in [2.05, 4.69) is 15.5 Å². The Morgan fingerprint density at radius 2 is 2.09 bits per heavy atom. The Morgan fingerprint density at radius 1 is 1.35 bits per heavy atom. The highest BCUT2D eigenvalue weighted by Crippen LogP contribution is 2.21. The average molecular weight is 350 g/mol. The Morgan fingerprint density at radius 3 is 2.74 bits per heavy atom. The molecule has 0 fully saturated rings. The molecule has 0 saturated heterocycles. The molecule has 8 heteroatoms. The topological polar surface area (TPSA) is 80.7 Å². The number of aromatic nitrogens is 1. The smallest absolute Gasteiger partial charge is 0.270 e. The molecule has 1 aromatic carbocycles. The number of rotatable bonds is 4. The second-order valence-electron chi connectivity index (χ2n) is 4.93. The first-order chi connectivity index (χ1) is 11.0. The van der Waals surface area contributed by atoms with E-state index in [0.29, 0.717) is 28.0 Å². The summed E-state index contributed by atoms with van der Waals surface area (Å²) in [4.78, 5) is 32.6. The summed E-state index contributed by atoms with van der Waals surface area (Å²) in [6.45, 7) is 1.42. The number of hydrogen-bond acceptors (Lipinski definition) is 6. The third-order valence-electron chi connectivity index (χ3n) is 3.23. The van der Waals surface area contributed by atoms with Gasteiger partial charge in [-0.25, -0.2) is 4.98 Å². The highest BCUT2D eigenvalue weighted by atomic mass is 35.5. The number of benzene rings is 1. The number of carbonyl (C=O) groups is 2. The maximum absolute atomic E-state index is 12.2. The molecular formula is C15H12ClN3O3S. The number of Topliss-reactive ketones (excluding diaryl/α,β-unsaturated/α-hetero) is 1. The van der Waals surface area contributed by atoms with Gasteiger partial charge in [0.15, 0.2) is 10.9 Å². The lowest BCUT2D eigenvalue weighted by atomic mass is 10.0. The molecule has 6 nitrogen and oxygen atoms in total. The largest absolute Gasteiger partial charge is 0.382 e. The van der Waals surface area contributed by atoms with Gasteiger partial charge in [0.25, 0.3) is 5.91 Å². The summed E-state index contributed by atoms with van der Waals surface area (Å²) in [6.07, 6.45) is -0.358. The fraction of sp³-hybridized carbons (Fsp3) is 0.200. The molecule has 1 aromatic heterocycles. The van der Waals surface area contributed by atoms with Gasteiger partial charge in [-0.3, -0.25) is 14.9 Å². The van der Waals surface area contributed by atoms with Crippen molar-refractivity contribution in [2.45, 2.75) is 19.4 Å². The summed E-state index contributed by atoms with van der Waals surface area (Å²) in [5.74, 6) is -0.491. The van der Waals surface area contributed by atoms with Crippen LogP contribution in [0, 0.1) is 0 Å². The number of thiazole rings is 1. The Kier molecular flexibility index (Phi) is 4.40. The van der Waals surface area contributed by atoms with Crippen LogP contribution in [-0.2, 0) is 9.63 Å². The normalized spacial score (nSPS) is 16.6. The van der Waals surface area contributed by atoms with Crippen LogP contribution in [0.4, 0.5) is 5.13 Å². The Balaban J connectivity index is 1.61. The summed E-state index contributed by atoms with van der Waals surface area (Å²) < 4.78 is 0. The molecule has 2 aromatic rings. The Labute approximate surface area is 141 Å². The fourth-order valence-electron chi connectivity index (χ4n) is 2.01. The van der Waals surface area contributed by atoms with Crippen LogP contribution in [0.3, 0.4) is 0 Å². The molecular weight excluding hydrogens is 338 g/mol. The molecule has 0 aliphatic carbocycles. The molecule has 118 valence electrons. The number of nitrogens with one attached hydrogen (secondary N) is 1. The molecule has 0 radical (unpaired) electrons. The van der Waals surface area contributed by atoms with Crippen molar-refractivity contribution in [2.75, 3.05) is 5.32 Å². The number of hydrogen-bond donors (Lipinski definition) is 1. The minimum absolute atomic E-state index is 0.146. The average Bonchev–Trinajstić information content (AvgIpc) is 3.17. The van der Waals surface area contributed by atoms with Gasteiger partial charge in [-0.05, 0) is 17.7 Å². The summed E-state index contributed by atoms with van der Waals surface area (Å²) in [7, 11) is 0. The highest BCUT2D eigenvalue weighted by molar-refractivity contribution is 7.14. The van der Waals surface area contributed by atoms with Gasteiger partial charge in [0.2, 0.25) is 6.10 Å². The van der Waals surface area contributed by atoms with Gasteiger partial charge in [0.1, 0.15) is 5.69 Å². The second kappa shape index (κ2) is 6.47. The molecule has 0 saturated carbocycles. The summed E-state index contributed by atoms with van der Waals surface area (Å²) >= 11 is 7.04. The van der Waals surface area contributed by atoms with Crippen LogP contribution in [0.2, 0.25) is 5.02 Å². The maximum Gasteiger partial charge on any atom is 0.270 e. The van der Waals surface area contributed by atoms with E-state index in [0.717, 1.165) is 5.56 Å². The molecule has 0 unspecified atom stereocenters. The van der Waals surface area contributed by atoms with Crippen molar-refractivity contribution in [2.24, 2.45) is 5.16 Å². The lowest BCUT2D eigenvalue weighted by Crippen LogP contribution is -2.28. The van der Waals surface area contributed by atoms with Crippen LogP contribution in [0.15, 0.2) is 34.8 Å². The number of halogens is 1. The molecule has 3 rings (SSSR count). The van der Waals surface area contributed by atoms with Gasteiger partial charge in [-0.1, -0.05) is 28.9 Å². The van der Waals surface area contributed by atoms with E-state index in [1.807, 2.05) is 12.1 Å². The molecule has 0 spiro atoms. The molecule has 1 atom stereocenters. The molecule has 2 heterocycles. The minimum atomic E-state index is -0.717. The predicted octanol–water partition coefficient (Wildman–Crippen LogP) is 3.13. The third kappa shape index (κ3) is 3.57. The summed E-state index contributed by atoms with van der Waals surface area (Å²) in [6, 6.07) is 7.16. The Bertz CT molecular complexity index is 786. The van der Waals surface area contributed by atoms with E-state index < -0.39 is 6.10 Å². The van der Waals surface area contributed by atoms with Crippen LogP contribution in [0.25, 0.3) is 0 Å². The fourth-order valence-corrected chi connectivity index (χ4v) is 2.89. The number of nitrogens with zero attached hydrogens (tertiary/aromatic N) is 2. The van der Waals surface area contributed by atoms with Gasteiger partial charge >= 0.3 is 0 Å². The quantitative estimate of drug-likeness (QED) is 0.860. The van der Waals surface area contributed by atoms with Crippen molar-refractivity contribution in [3.63, 3.8) is 0 Å². The van der Waals surface area contributed by atoms with Crippen LogP contribution in [0.5, 0.6) is 0 Å². The molecule has 1 aliphatic rings. The lowest BCUT2D eigenvalue weighted by molar-refractivity contribution is -0.125. The van der Waals surface area contributed by atoms with Gasteiger partial charge < -0.3 is 4.84 Å². The van der Waals surface area contributed by atoms with Gasteiger partial charge in [0, 0.05) is 23.7 Å². The first kappa shape index (κ1) is 15.6. The number of anilines is 1. The predicted molar refractivity (Wildman–Crippen MR) is 88.2 cm³/mol. The maximum atomic E-state index is 12.2. The zero-order valence-corrected chi connectivity index (χ0v) is 13.6. The minimum Gasteiger partial charge on any atom is -0.382 e. The monoisotopic (exact) mass is 349 g/mol. The van der Waals surface area contributed by atoms with Crippen molar-refractivity contribution < 1.29 is 14.4 Å². The highest BCUT2D eigenvalue weighted by Gasteiger charge is 2.29. The van der Waals surface area contributed by atoms with Crippen molar-refractivity contribution in [3.05, 3.63) is 45.9 Å². The van der Waals surface area contributed by atoms with Crippen molar-refractivity contribution >= 4 is 45.5 Å².